The Morgan fingerprint density at radius 2 is 1.92 bits per heavy atom. The maximum atomic E-state index is 11.4. The molecule has 0 aliphatic rings. The minimum absolute atomic E-state index is 0.263. The molecule has 0 fully saturated rings. The van der Waals surface area contributed by atoms with Crippen LogP contribution >= 0.6 is 37.9 Å². The molecular weight excluding hydrogens is 226 g/mol. The van der Waals surface area contributed by atoms with E-state index in [2.05, 4.69) is 37.9 Å². The van der Waals surface area contributed by atoms with E-state index in [0.29, 0.717) is 24.1 Å². The zero-order valence-electron chi connectivity index (χ0n) is 7.51. The van der Waals surface area contributed by atoms with Crippen molar-refractivity contribution in [3.8, 4) is 0 Å². The predicted molar refractivity (Wildman–Crippen MR) is 63.8 cm³/mol. The van der Waals surface area contributed by atoms with Crippen molar-refractivity contribution in [1.29, 1.82) is 0 Å². The molecule has 13 heavy (non-hydrogen) atoms. The average Bonchev–Trinajstić information content (AvgIpc) is 2.14. The first kappa shape index (κ1) is 13.5. The van der Waals surface area contributed by atoms with Crippen molar-refractivity contribution in [2.45, 2.75) is 13.0 Å². The van der Waals surface area contributed by atoms with Crippen molar-refractivity contribution < 1.29 is 9.53 Å². The molecule has 0 spiro atoms. The summed E-state index contributed by atoms with van der Waals surface area (Å²) in [6.07, 6.45) is 0. The summed E-state index contributed by atoms with van der Waals surface area (Å²) in [4.78, 5) is 13.1. The Balaban J connectivity index is 4.20. The first-order chi connectivity index (χ1) is 6.21. The smallest absolute Gasteiger partial charge is 0.324 e. The highest BCUT2D eigenvalue weighted by Crippen LogP contribution is 2.06. The van der Waals surface area contributed by atoms with Crippen molar-refractivity contribution in [1.82, 2.24) is 4.90 Å². The molecule has 0 aliphatic carbocycles. The van der Waals surface area contributed by atoms with Crippen LogP contribution in [0.2, 0.25) is 0 Å². The van der Waals surface area contributed by atoms with Crippen LogP contribution < -0.4 is 0 Å². The van der Waals surface area contributed by atoms with Crippen molar-refractivity contribution in [3.05, 3.63) is 0 Å². The van der Waals surface area contributed by atoms with Gasteiger partial charge in [-0.05, 0) is 6.92 Å². The van der Waals surface area contributed by atoms with E-state index in [-0.39, 0.29) is 12.0 Å². The van der Waals surface area contributed by atoms with Crippen LogP contribution in [-0.4, -0.2) is 41.0 Å². The van der Waals surface area contributed by atoms with Gasteiger partial charge in [0, 0.05) is 17.5 Å². The van der Waals surface area contributed by atoms with Crippen LogP contribution in [0.4, 0.5) is 0 Å². The molecule has 0 heterocycles. The highest BCUT2D eigenvalue weighted by atomic mass is 32.1. The zero-order chi connectivity index (χ0) is 10.3. The standard InChI is InChI=1S/C7H15NO2S3/c1-2-10-7(9)6(3-11)8(4-12)5-13/h6,11-13H,2-5H2,1H3/t6-/m0/s1. The van der Waals surface area contributed by atoms with Crippen molar-refractivity contribution in [3.63, 3.8) is 0 Å². The number of carbonyl (C=O) groups excluding carboxylic acids is 1. The summed E-state index contributed by atoms with van der Waals surface area (Å²) in [6, 6.07) is -0.349. The van der Waals surface area contributed by atoms with Gasteiger partial charge < -0.3 is 4.74 Å². The first-order valence-corrected chi connectivity index (χ1v) is 5.84. The fraction of sp³-hybridized carbons (Fsp3) is 0.857. The molecule has 3 nitrogen and oxygen atoms in total. The molecule has 1 atom stereocenters. The van der Waals surface area contributed by atoms with Gasteiger partial charge in [-0.1, -0.05) is 0 Å². The van der Waals surface area contributed by atoms with Gasteiger partial charge in [0.25, 0.3) is 0 Å². The lowest BCUT2D eigenvalue weighted by Gasteiger charge is -2.25. The summed E-state index contributed by atoms with van der Waals surface area (Å²) in [6.45, 7) is 2.16. The molecule has 0 aromatic rings. The second kappa shape index (κ2) is 7.84. The van der Waals surface area contributed by atoms with Crippen LogP contribution in [0, 0.1) is 0 Å². The van der Waals surface area contributed by atoms with E-state index in [1.165, 1.54) is 0 Å². The quantitative estimate of drug-likeness (QED) is 0.367. The second-order valence-electron chi connectivity index (χ2n) is 2.32. The van der Waals surface area contributed by atoms with E-state index in [9.17, 15) is 4.79 Å². The molecular formula is C7H15NO2S3. The summed E-state index contributed by atoms with van der Waals surface area (Å²) >= 11 is 12.3. The highest BCUT2D eigenvalue weighted by molar-refractivity contribution is 7.81. The molecule has 0 saturated heterocycles. The molecule has 0 bridgehead atoms. The Bertz CT molecular complexity index is 153. The van der Waals surface area contributed by atoms with Gasteiger partial charge in [0.1, 0.15) is 6.04 Å². The van der Waals surface area contributed by atoms with E-state index in [1.54, 1.807) is 11.8 Å². The summed E-state index contributed by atoms with van der Waals surface area (Å²) < 4.78 is 4.88. The summed E-state index contributed by atoms with van der Waals surface area (Å²) in [7, 11) is 0. The maximum Gasteiger partial charge on any atom is 0.324 e. The number of ether oxygens (including phenoxy) is 1. The molecule has 0 radical (unpaired) electrons. The number of esters is 1. The minimum Gasteiger partial charge on any atom is -0.465 e. The Labute approximate surface area is 95.4 Å². The lowest BCUT2D eigenvalue weighted by Crippen LogP contribution is -2.42. The van der Waals surface area contributed by atoms with Crippen molar-refractivity contribution >= 4 is 43.9 Å². The summed E-state index contributed by atoms with van der Waals surface area (Å²) in [5.74, 6) is 1.08. The Morgan fingerprint density at radius 3 is 2.23 bits per heavy atom. The Morgan fingerprint density at radius 1 is 1.38 bits per heavy atom. The van der Waals surface area contributed by atoms with Gasteiger partial charge in [0.05, 0.1) is 6.61 Å². The molecule has 0 N–H and O–H groups in total. The third kappa shape index (κ3) is 4.49. The Hall–Kier alpha value is 0.480. The number of hydrogen-bond acceptors (Lipinski definition) is 6. The number of hydrogen-bond donors (Lipinski definition) is 3. The van der Waals surface area contributed by atoms with Crippen LogP contribution in [0.3, 0.4) is 0 Å². The SMILES string of the molecule is CCOC(=O)[C@H](CS)N(CS)CS. The fourth-order valence-corrected chi connectivity index (χ4v) is 1.95. The normalized spacial score (nSPS) is 13.0. The lowest BCUT2D eigenvalue weighted by molar-refractivity contribution is -0.147. The van der Waals surface area contributed by atoms with E-state index < -0.39 is 0 Å². The van der Waals surface area contributed by atoms with Gasteiger partial charge in [-0.2, -0.15) is 37.9 Å². The van der Waals surface area contributed by atoms with Gasteiger partial charge in [-0.3, -0.25) is 9.69 Å². The third-order valence-corrected chi connectivity index (χ3v) is 2.61. The maximum absolute atomic E-state index is 11.4. The minimum atomic E-state index is -0.349. The van der Waals surface area contributed by atoms with E-state index >= 15 is 0 Å². The van der Waals surface area contributed by atoms with Gasteiger partial charge in [-0.15, -0.1) is 0 Å². The lowest BCUT2D eigenvalue weighted by atomic mass is 10.3. The molecule has 0 aliphatic heterocycles. The summed E-state index contributed by atoms with van der Waals surface area (Å²) in [5.41, 5.74) is 0. The first-order valence-electron chi connectivity index (χ1n) is 3.94. The molecule has 0 unspecified atom stereocenters. The van der Waals surface area contributed by atoms with Crippen molar-refractivity contribution in [2.24, 2.45) is 0 Å². The average molecular weight is 241 g/mol. The molecule has 0 rings (SSSR count). The molecule has 0 aromatic carbocycles. The molecule has 0 saturated carbocycles. The topological polar surface area (TPSA) is 29.5 Å². The van der Waals surface area contributed by atoms with Crippen molar-refractivity contribution in [2.75, 3.05) is 24.1 Å². The van der Waals surface area contributed by atoms with Gasteiger partial charge >= 0.3 is 5.97 Å². The van der Waals surface area contributed by atoms with E-state index in [0.717, 1.165) is 0 Å². The molecule has 0 aromatic heterocycles. The molecule has 6 heteroatoms. The van der Waals surface area contributed by atoms with Crippen LogP contribution in [0.15, 0.2) is 0 Å². The van der Waals surface area contributed by atoms with Crippen LogP contribution in [0.25, 0.3) is 0 Å². The number of nitrogens with zero attached hydrogens (tertiary/aromatic N) is 1. The monoisotopic (exact) mass is 241 g/mol. The predicted octanol–water partition coefficient (Wildman–Crippen LogP) is 0.924. The number of carbonyl (C=O) groups is 1. The van der Waals surface area contributed by atoms with Gasteiger partial charge in [-0.25, -0.2) is 0 Å². The fourth-order valence-electron chi connectivity index (χ4n) is 0.819. The summed E-state index contributed by atoms with van der Waals surface area (Å²) in [5, 5.41) is 0. The highest BCUT2D eigenvalue weighted by Gasteiger charge is 2.23. The number of thiol groups is 3. The van der Waals surface area contributed by atoms with E-state index in [1.807, 2.05) is 0 Å². The third-order valence-electron chi connectivity index (χ3n) is 1.54. The van der Waals surface area contributed by atoms with Gasteiger partial charge in [0.15, 0.2) is 0 Å². The van der Waals surface area contributed by atoms with Crippen LogP contribution in [0.5, 0.6) is 0 Å². The Kier molecular flexibility index (Phi) is 8.13. The van der Waals surface area contributed by atoms with Crippen LogP contribution in [0.1, 0.15) is 6.92 Å². The molecule has 0 amide bonds. The molecule has 78 valence electrons. The number of rotatable bonds is 6. The van der Waals surface area contributed by atoms with E-state index in [4.69, 9.17) is 4.74 Å². The zero-order valence-corrected chi connectivity index (χ0v) is 10.2. The van der Waals surface area contributed by atoms with Gasteiger partial charge in [0.2, 0.25) is 0 Å². The largest absolute Gasteiger partial charge is 0.465 e. The van der Waals surface area contributed by atoms with Crippen LogP contribution in [-0.2, 0) is 9.53 Å². The second-order valence-corrected chi connectivity index (χ2v) is 3.25.